The summed E-state index contributed by atoms with van der Waals surface area (Å²) in [7, 11) is 0. The van der Waals surface area contributed by atoms with E-state index in [-0.39, 0.29) is 0 Å². The number of pyridine rings is 1. The zero-order valence-corrected chi connectivity index (χ0v) is 14.3. The van der Waals surface area contributed by atoms with Crippen LogP contribution in [0.15, 0.2) is 30.5 Å². The van der Waals surface area contributed by atoms with Crippen LogP contribution < -0.4 is 5.32 Å². The van der Waals surface area contributed by atoms with Crippen molar-refractivity contribution < 1.29 is 14.3 Å². The molecular formula is C17H19ClN2O3. The van der Waals surface area contributed by atoms with Gasteiger partial charge < -0.3 is 14.8 Å². The number of nitrogens with zero attached hydrogens (tertiary/aromatic N) is 1. The number of amides is 1. The highest BCUT2D eigenvalue weighted by Crippen LogP contribution is 2.33. The molecule has 0 fully saturated rings. The first-order chi connectivity index (χ1) is 10.7. The molecule has 1 aromatic heterocycles. The van der Waals surface area contributed by atoms with Crippen LogP contribution in [0.3, 0.4) is 0 Å². The van der Waals surface area contributed by atoms with E-state index in [0.717, 1.165) is 5.39 Å². The molecule has 23 heavy (non-hydrogen) atoms. The van der Waals surface area contributed by atoms with E-state index in [1.807, 2.05) is 12.1 Å². The minimum Gasteiger partial charge on any atom is -0.444 e. The summed E-state index contributed by atoms with van der Waals surface area (Å²) in [4.78, 5) is 28.2. The fraction of sp³-hybridized carbons (Fsp3) is 0.353. The lowest BCUT2D eigenvalue weighted by Crippen LogP contribution is -2.47. The number of benzene rings is 1. The molecule has 0 spiro atoms. The lowest BCUT2D eigenvalue weighted by molar-refractivity contribution is -0.113. The number of alkyl carbamates (subject to hydrolysis) is 1. The second kappa shape index (κ2) is 6.16. The van der Waals surface area contributed by atoms with Gasteiger partial charge in [-0.15, -0.1) is 0 Å². The molecule has 1 unspecified atom stereocenters. The molecule has 0 aliphatic rings. The molecule has 1 amide bonds. The van der Waals surface area contributed by atoms with Gasteiger partial charge in [-0.3, -0.25) is 4.98 Å². The van der Waals surface area contributed by atoms with Crippen molar-refractivity contribution in [2.24, 2.45) is 0 Å². The van der Waals surface area contributed by atoms with Crippen molar-refractivity contribution in [2.45, 2.75) is 38.8 Å². The van der Waals surface area contributed by atoms with Crippen LogP contribution in [0.4, 0.5) is 4.79 Å². The van der Waals surface area contributed by atoms with E-state index in [0.29, 0.717) is 22.4 Å². The van der Waals surface area contributed by atoms with Crippen LogP contribution in [0.5, 0.6) is 0 Å². The van der Waals surface area contributed by atoms with E-state index in [1.54, 1.807) is 46.0 Å². The molecule has 0 radical (unpaired) electrons. The third kappa shape index (κ3) is 3.79. The van der Waals surface area contributed by atoms with Crippen molar-refractivity contribution in [1.29, 1.82) is 0 Å². The number of carbonyl (C=O) groups excluding carboxylic acids is 2. The summed E-state index contributed by atoms with van der Waals surface area (Å²) >= 11 is 6.29. The SMILES string of the molecule is CC(C)(C)OC(=O)NC(C)(C=O)c1c(Cl)ccc2cccnc12. The maximum Gasteiger partial charge on any atom is 0.408 e. The lowest BCUT2D eigenvalue weighted by atomic mass is 9.91. The molecular weight excluding hydrogens is 316 g/mol. The molecule has 5 nitrogen and oxygen atoms in total. The van der Waals surface area contributed by atoms with E-state index in [1.165, 1.54) is 0 Å². The molecule has 0 bridgehead atoms. The standard InChI is InChI=1S/C17H19ClN2O3/c1-16(2,3)23-15(22)20-17(4,10-21)13-12(18)8-7-11-6-5-9-19-14(11)13/h5-10H,1-4H3,(H,20,22). The normalized spacial score (nSPS) is 14.1. The summed E-state index contributed by atoms with van der Waals surface area (Å²) in [6, 6.07) is 7.15. The van der Waals surface area contributed by atoms with Crippen molar-refractivity contribution in [2.75, 3.05) is 0 Å². The van der Waals surface area contributed by atoms with Crippen molar-refractivity contribution in [3.63, 3.8) is 0 Å². The van der Waals surface area contributed by atoms with Gasteiger partial charge in [0.15, 0.2) is 0 Å². The van der Waals surface area contributed by atoms with Gasteiger partial charge in [0, 0.05) is 22.2 Å². The van der Waals surface area contributed by atoms with Crippen LogP contribution in [0.1, 0.15) is 33.3 Å². The number of carbonyl (C=O) groups is 2. The maximum atomic E-state index is 12.1. The van der Waals surface area contributed by atoms with Gasteiger partial charge in [-0.05, 0) is 39.8 Å². The number of hydrogen-bond donors (Lipinski definition) is 1. The average molecular weight is 335 g/mol. The summed E-state index contributed by atoms with van der Waals surface area (Å²) < 4.78 is 5.24. The van der Waals surface area contributed by atoms with Gasteiger partial charge >= 0.3 is 6.09 Å². The third-order valence-electron chi connectivity index (χ3n) is 3.24. The van der Waals surface area contributed by atoms with E-state index in [9.17, 15) is 9.59 Å². The predicted molar refractivity (Wildman–Crippen MR) is 89.5 cm³/mol. The number of hydrogen-bond acceptors (Lipinski definition) is 4. The highest BCUT2D eigenvalue weighted by molar-refractivity contribution is 6.32. The minimum absolute atomic E-state index is 0.349. The minimum atomic E-state index is -1.35. The van der Waals surface area contributed by atoms with E-state index in [2.05, 4.69) is 10.3 Å². The van der Waals surface area contributed by atoms with Gasteiger partial charge in [-0.1, -0.05) is 23.7 Å². The first kappa shape index (κ1) is 17.2. The number of aromatic nitrogens is 1. The zero-order chi connectivity index (χ0) is 17.3. The van der Waals surface area contributed by atoms with Crippen LogP contribution in [-0.4, -0.2) is 23.0 Å². The third-order valence-corrected chi connectivity index (χ3v) is 3.55. The average Bonchev–Trinajstić information content (AvgIpc) is 2.44. The Labute approximate surface area is 140 Å². The Balaban J connectivity index is 2.50. The first-order valence-electron chi connectivity index (χ1n) is 7.17. The molecule has 0 saturated carbocycles. The number of ether oxygens (including phenoxy) is 1. The Hall–Kier alpha value is -2.14. The molecule has 1 N–H and O–H groups in total. The lowest BCUT2D eigenvalue weighted by Gasteiger charge is -2.29. The second-order valence-corrected chi connectivity index (χ2v) is 6.85. The molecule has 0 aliphatic heterocycles. The summed E-state index contributed by atoms with van der Waals surface area (Å²) in [6.07, 6.45) is 1.55. The molecule has 0 saturated heterocycles. The Morgan fingerprint density at radius 1 is 1.26 bits per heavy atom. The zero-order valence-electron chi connectivity index (χ0n) is 13.5. The van der Waals surface area contributed by atoms with Crippen molar-refractivity contribution in [3.05, 3.63) is 41.0 Å². The summed E-state index contributed by atoms with van der Waals surface area (Å²) in [5, 5.41) is 3.77. The van der Waals surface area contributed by atoms with Crippen LogP contribution in [0.25, 0.3) is 10.9 Å². The van der Waals surface area contributed by atoms with Crippen molar-refractivity contribution in [1.82, 2.24) is 10.3 Å². The Kier molecular flexibility index (Phi) is 4.61. The molecule has 6 heteroatoms. The topological polar surface area (TPSA) is 68.3 Å². The van der Waals surface area contributed by atoms with Gasteiger partial charge in [0.25, 0.3) is 0 Å². The molecule has 2 rings (SSSR count). The number of rotatable bonds is 3. The number of halogens is 1. The Morgan fingerprint density at radius 3 is 2.57 bits per heavy atom. The molecule has 0 aliphatic carbocycles. The van der Waals surface area contributed by atoms with Crippen molar-refractivity contribution >= 4 is 34.9 Å². The summed E-state index contributed by atoms with van der Waals surface area (Å²) in [5.74, 6) is 0. The summed E-state index contributed by atoms with van der Waals surface area (Å²) in [5.41, 5.74) is -1.02. The van der Waals surface area contributed by atoms with Crippen molar-refractivity contribution in [3.8, 4) is 0 Å². The highest BCUT2D eigenvalue weighted by atomic mass is 35.5. The van der Waals surface area contributed by atoms with Gasteiger partial charge in [0.05, 0.1) is 5.52 Å². The quantitative estimate of drug-likeness (QED) is 0.866. The van der Waals surface area contributed by atoms with Gasteiger partial charge in [-0.2, -0.15) is 0 Å². The van der Waals surface area contributed by atoms with Gasteiger partial charge in [0.1, 0.15) is 17.4 Å². The van der Waals surface area contributed by atoms with Crippen LogP contribution in [-0.2, 0) is 15.1 Å². The monoisotopic (exact) mass is 334 g/mol. The number of aldehydes is 1. The fourth-order valence-electron chi connectivity index (χ4n) is 2.28. The molecule has 2 aromatic rings. The summed E-state index contributed by atoms with van der Waals surface area (Å²) in [6.45, 7) is 6.81. The predicted octanol–water partition coefficient (Wildman–Crippen LogP) is 3.83. The molecule has 122 valence electrons. The second-order valence-electron chi connectivity index (χ2n) is 6.44. The van der Waals surface area contributed by atoms with E-state index < -0.39 is 17.2 Å². The fourth-order valence-corrected chi connectivity index (χ4v) is 2.63. The maximum absolute atomic E-state index is 12.1. The number of fused-ring (bicyclic) bond motifs is 1. The highest BCUT2D eigenvalue weighted by Gasteiger charge is 2.34. The van der Waals surface area contributed by atoms with E-state index >= 15 is 0 Å². The largest absolute Gasteiger partial charge is 0.444 e. The molecule has 1 aromatic carbocycles. The Morgan fingerprint density at radius 2 is 1.96 bits per heavy atom. The van der Waals surface area contributed by atoms with Gasteiger partial charge in [-0.25, -0.2) is 4.79 Å². The van der Waals surface area contributed by atoms with Crippen LogP contribution >= 0.6 is 11.6 Å². The molecule has 1 atom stereocenters. The first-order valence-corrected chi connectivity index (χ1v) is 7.55. The van der Waals surface area contributed by atoms with Crippen LogP contribution in [0, 0.1) is 0 Å². The smallest absolute Gasteiger partial charge is 0.408 e. The molecule has 1 heterocycles. The van der Waals surface area contributed by atoms with Crippen LogP contribution in [0.2, 0.25) is 5.02 Å². The Bertz CT molecular complexity index is 755. The number of nitrogens with one attached hydrogen (secondary N) is 1. The van der Waals surface area contributed by atoms with E-state index in [4.69, 9.17) is 16.3 Å². The van der Waals surface area contributed by atoms with Gasteiger partial charge in [0.2, 0.25) is 0 Å².